The van der Waals surface area contributed by atoms with E-state index in [1.165, 1.54) is 5.56 Å². The van der Waals surface area contributed by atoms with Gasteiger partial charge in [0.15, 0.2) is 5.78 Å². The number of hydrogen-bond donors (Lipinski definition) is 1. The van der Waals surface area contributed by atoms with Gasteiger partial charge in [0.05, 0.1) is 18.1 Å². The van der Waals surface area contributed by atoms with E-state index >= 15 is 0 Å². The van der Waals surface area contributed by atoms with Gasteiger partial charge in [-0.2, -0.15) is 0 Å². The van der Waals surface area contributed by atoms with Gasteiger partial charge in [-0.1, -0.05) is 54.1 Å². The Hall–Kier alpha value is -2.72. The predicted molar refractivity (Wildman–Crippen MR) is 110 cm³/mol. The molecule has 3 aromatic carbocycles. The maximum Gasteiger partial charge on any atom is 0.174 e. The largest absolute Gasteiger partial charge is 0.492 e. The first kappa shape index (κ1) is 17.7. The van der Waals surface area contributed by atoms with Crippen molar-refractivity contribution in [3.8, 4) is 5.75 Å². The summed E-state index contributed by atoms with van der Waals surface area (Å²) < 4.78 is 5.94. The molecule has 0 aromatic heterocycles. The molecule has 3 nitrogen and oxygen atoms in total. The van der Waals surface area contributed by atoms with E-state index in [0.29, 0.717) is 17.9 Å². The molecule has 1 heterocycles. The lowest BCUT2D eigenvalue weighted by molar-refractivity contribution is 0.0827. The van der Waals surface area contributed by atoms with Gasteiger partial charge in [0.1, 0.15) is 5.75 Å². The average Bonchev–Trinajstić information content (AvgIpc) is 2.68. The molecule has 1 aliphatic rings. The van der Waals surface area contributed by atoms with Crippen LogP contribution in [-0.2, 0) is 0 Å². The van der Waals surface area contributed by atoms with Crippen molar-refractivity contribution in [2.45, 2.75) is 17.1 Å². The minimum absolute atomic E-state index is 0.0737. The maximum atomic E-state index is 13.3. The Kier molecular flexibility index (Phi) is 4.90. The van der Waals surface area contributed by atoms with Crippen LogP contribution in [0.3, 0.4) is 0 Å². The number of fused-ring (bicyclic) bond motifs is 1. The number of carbonyl (C=O) groups is 1. The van der Waals surface area contributed by atoms with Gasteiger partial charge in [0, 0.05) is 15.8 Å². The monoisotopic (exact) mass is 375 g/mol. The molecule has 0 spiro atoms. The number of rotatable bonds is 4. The molecule has 2 atom stereocenters. The van der Waals surface area contributed by atoms with Gasteiger partial charge in [0.25, 0.3) is 0 Å². The normalized spacial score (nSPS) is 17.1. The SMILES string of the molecule is Cc1cccc([C@@H](Sc2ccccc2N)[C@H]2COc3ccccc3C2=O)c1. The zero-order chi connectivity index (χ0) is 18.8. The van der Waals surface area contributed by atoms with Gasteiger partial charge in [-0.3, -0.25) is 4.79 Å². The summed E-state index contributed by atoms with van der Waals surface area (Å²) in [5, 5.41) is -0.0737. The molecule has 0 amide bonds. The van der Waals surface area contributed by atoms with E-state index in [0.717, 1.165) is 16.1 Å². The molecule has 0 unspecified atom stereocenters. The first-order valence-electron chi connectivity index (χ1n) is 8.97. The van der Waals surface area contributed by atoms with Gasteiger partial charge in [-0.25, -0.2) is 0 Å². The molecule has 0 aliphatic carbocycles. The molecule has 0 fully saturated rings. The number of aryl methyl sites for hydroxylation is 1. The second kappa shape index (κ2) is 7.49. The van der Waals surface area contributed by atoms with E-state index in [4.69, 9.17) is 10.5 Å². The summed E-state index contributed by atoms with van der Waals surface area (Å²) in [6.45, 7) is 2.44. The van der Waals surface area contributed by atoms with Crippen molar-refractivity contribution in [3.63, 3.8) is 0 Å². The number of para-hydroxylation sites is 2. The molecule has 4 rings (SSSR count). The second-order valence-corrected chi connectivity index (χ2v) is 7.95. The van der Waals surface area contributed by atoms with E-state index in [2.05, 4.69) is 25.1 Å². The van der Waals surface area contributed by atoms with Crippen LogP contribution >= 0.6 is 11.8 Å². The van der Waals surface area contributed by atoms with Crippen LogP contribution in [0.5, 0.6) is 5.75 Å². The third-order valence-corrected chi connectivity index (χ3v) is 6.30. The minimum Gasteiger partial charge on any atom is -0.492 e. The molecule has 0 radical (unpaired) electrons. The van der Waals surface area contributed by atoms with Crippen LogP contribution in [0.25, 0.3) is 0 Å². The Bertz CT molecular complexity index is 985. The summed E-state index contributed by atoms with van der Waals surface area (Å²) >= 11 is 1.64. The van der Waals surface area contributed by atoms with E-state index < -0.39 is 0 Å². The second-order valence-electron chi connectivity index (χ2n) is 6.77. The van der Waals surface area contributed by atoms with Crippen LogP contribution in [0, 0.1) is 12.8 Å². The highest BCUT2D eigenvalue weighted by molar-refractivity contribution is 7.99. The van der Waals surface area contributed by atoms with Crippen LogP contribution in [0.1, 0.15) is 26.7 Å². The van der Waals surface area contributed by atoms with Gasteiger partial charge in [-0.15, -0.1) is 11.8 Å². The third kappa shape index (κ3) is 3.58. The van der Waals surface area contributed by atoms with Gasteiger partial charge in [-0.05, 0) is 36.8 Å². The maximum absolute atomic E-state index is 13.3. The summed E-state index contributed by atoms with van der Waals surface area (Å²) in [5.41, 5.74) is 9.85. The number of nitrogens with two attached hydrogens (primary N) is 1. The van der Waals surface area contributed by atoms with Crippen LogP contribution in [-0.4, -0.2) is 12.4 Å². The Morgan fingerprint density at radius 2 is 1.81 bits per heavy atom. The highest BCUT2D eigenvalue weighted by atomic mass is 32.2. The first-order valence-corrected chi connectivity index (χ1v) is 9.85. The van der Waals surface area contributed by atoms with Crippen molar-refractivity contribution < 1.29 is 9.53 Å². The van der Waals surface area contributed by atoms with E-state index in [1.54, 1.807) is 11.8 Å². The average molecular weight is 375 g/mol. The molecule has 0 bridgehead atoms. The fourth-order valence-electron chi connectivity index (χ4n) is 3.43. The van der Waals surface area contributed by atoms with Gasteiger partial charge in [0.2, 0.25) is 0 Å². The lowest BCUT2D eigenvalue weighted by Gasteiger charge is -2.31. The molecule has 27 heavy (non-hydrogen) atoms. The van der Waals surface area contributed by atoms with Crippen LogP contribution in [0.4, 0.5) is 5.69 Å². The van der Waals surface area contributed by atoms with Crippen LogP contribution in [0.15, 0.2) is 77.7 Å². The smallest absolute Gasteiger partial charge is 0.174 e. The molecule has 2 N–H and O–H groups in total. The van der Waals surface area contributed by atoms with Gasteiger partial charge < -0.3 is 10.5 Å². The Morgan fingerprint density at radius 1 is 1.04 bits per heavy atom. The quantitative estimate of drug-likeness (QED) is 0.496. The number of thioether (sulfide) groups is 1. The molecule has 0 saturated carbocycles. The number of nitrogen functional groups attached to an aromatic ring is 1. The Morgan fingerprint density at radius 3 is 2.63 bits per heavy atom. The Labute approximate surface area is 163 Å². The molecule has 136 valence electrons. The van der Waals surface area contributed by atoms with E-state index in [-0.39, 0.29) is 17.0 Å². The highest BCUT2D eigenvalue weighted by Crippen LogP contribution is 2.46. The number of ketones is 1. The summed E-state index contributed by atoms with van der Waals surface area (Å²) in [5.74, 6) is 0.530. The van der Waals surface area contributed by atoms with Crippen LogP contribution < -0.4 is 10.5 Å². The van der Waals surface area contributed by atoms with Crippen molar-refractivity contribution in [2.24, 2.45) is 5.92 Å². The van der Waals surface area contributed by atoms with Crippen molar-refractivity contribution in [3.05, 3.63) is 89.5 Å². The topological polar surface area (TPSA) is 52.3 Å². The lowest BCUT2D eigenvalue weighted by Crippen LogP contribution is -2.31. The van der Waals surface area contributed by atoms with Crippen LogP contribution in [0.2, 0.25) is 0 Å². The highest BCUT2D eigenvalue weighted by Gasteiger charge is 2.36. The molecule has 0 saturated heterocycles. The molecular formula is C23H21NO2S. The standard InChI is InChI=1S/C23H21NO2S/c1-15-7-6-8-16(13-15)23(27-21-12-5-3-10-19(21)24)18-14-26-20-11-4-2-9-17(20)22(18)25/h2-13,18,23H,14,24H2,1H3/t18-,23+/m0/s1. The predicted octanol–water partition coefficient (Wildman–Crippen LogP) is 5.30. The van der Waals surface area contributed by atoms with Crippen molar-refractivity contribution in [1.29, 1.82) is 0 Å². The number of carbonyl (C=O) groups excluding carboxylic acids is 1. The van der Waals surface area contributed by atoms with Crippen molar-refractivity contribution >= 4 is 23.2 Å². The Balaban J connectivity index is 1.74. The summed E-state index contributed by atoms with van der Waals surface area (Å²) in [6.07, 6.45) is 0. The fourth-order valence-corrected chi connectivity index (χ4v) is 4.71. The number of Topliss-reactive ketones (excluding diaryl/α,β-unsaturated/α-hetero) is 1. The summed E-state index contributed by atoms with van der Waals surface area (Å²) in [7, 11) is 0. The summed E-state index contributed by atoms with van der Waals surface area (Å²) in [6, 6.07) is 23.6. The summed E-state index contributed by atoms with van der Waals surface area (Å²) in [4.78, 5) is 14.2. The molecular weight excluding hydrogens is 354 g/mol. The lowest BCUT2D eigenvalue weighted by atomic mass is 9.89. The zero-order valence-corrected chi connectivity index (χ0v) is 15.9. The number of ether oxygens (including phenoxy) is 1. The molecule has 4 heteroatoms. The van der Waals surface area contributed by atoms with Gasteiger partial charge >= 0.3 is 0 Å². The molecule has 3 aromatic rings. The first-order chi connectivity index (χ1) is 13.1. The minimum atomic E-state index is -0.272. The third-order valence-electron chi connectivity index (χ3n) is 4.82. The zero-order valence-electron chi connectivity index (χ0n) is 15.1. The van der Waals surface area contributed by atoms with Crippen molar-refractivity contribution in [2.75, 3.05) is 12.3 Å². The number of benzene rings is 3. The van der Waals surface area contributed by atoms with Crippen molar-refractivity contribution in [1.82, 2.24) is 0 Å². The molecule has 1 aliphatic heterocycles. The van der Waals surface area contributed by atoms with E-state index in [9.17, 15) is 4.79 Å². The fraction of sp³-hybridized carbons (Fsp3) is 0.174. The number of hydrogen-bond acceptors (Lipinski definition) is 4. The number of anilines is 1. The van der Waals surface area contributed by atoms with E-state index in [1.807, 2.05) is 54.6 Å².